The summed E-state index contributed by atoms with van der Waals surface area (Å²) in [4.78, 5) is 31.3. The molecule has 1 unspecified atom stereocenters. The molecule has 1 aliphatic heterocycles. The Morgan fingerprint density at radius 3 is 2.61 bits per heavy atom. The van der Waals surface area contributed by atoms with Crippen molar-refractivity contribution in [3.8, 4) is 0 Å². The molecule has 0 bridgehead atoms. The van der Waals surface area contributed by atoms with Crippen LogP contribution < -0.4 is 15.5 Å². The number of carbonyl (C=O) groups excluding carboxylic acids is 2. The number of amides is 2. The molecule has 1 aromatic carbocycles. The van der Waals surface area contributed by atoms with Crippen molar-refractivity contribution in [2.24, 2.45) is 0 Å². The number of carbonyl (C=O) groups is 2. The van der Waals surface area contributed by atoms with E-state index in [-0.39, 0.29) is 11.8 Å². The number of rotatable bonds is 7. The fourth-order valence-electron chi connectivity index (χ4n) is 3.14. The number of hydrogen-bond donors (Lipinski definition) is 2. The Morgan fingerprint density at radius 1 is 1.14 bits per heavy atom. The topological polar surface area (TPSA) is 83.6 Å². The number of benzene rings is 1. The van der Waals surface area contributed by atoms with E-state index in [2.05, 4.69) is 34.4 Å². The van der Waals surface area contributed by atoms with Gasteiger partial charge in [-0.3, -0.25) is 9.59 Å². The van der Waals surface area contributed by atoms with Crippen LogP contribution in [0.4, 0.5) is 17.2 Å². The zero-order valence-corrected chi connectivity index (χ0v) is 16.3. The molecule has 28 heavy (non-hydrogen) atoms. The molecule has 0 radical (unpaired) electrons. The quantitative estimate of drug-likeness (QED) is 0.768. The van der Waals surface area contributed by atoms with E-state index in [1.165, 1.54) is 0 Å². The predicted octanol–water partition coefficient (Wildman–Crippen LogP) is 3.30. The number of pyridine rings is 1. The molecular formula is C21H26N4O3. The smallest absolute Gasteiger partial charge is 0.255 e. The first-order valence-corrected chi connectivity index (χ1v) is 9.65. The number of hydrogen-bond acceptors (Lipinski definition) is 5. The standard InChI is InChI=1S/C21H26N4O3/c1-3-25(4-2)19-11-10-17(14-22-19)24-20(26)15-7-5-8-16(13-15)23-21(27)18-9-6-12-28-18/h5,7-8,10-11,13-14,18H,3-4,6,9,12H2,1-2H3,(H,23,27)(H,24,26). The van der Waals surface area contributed by atoms with Crippen molar-refractivity contribution >= 4 is 29.0 Å². The van der Waals surface area contributed by atoms with Crippen LogP contribution in [0.25, 0.3) is 0 Å². The van der Waals surface area contributed by atoms with E-state index in [4.69, 9.17) is 4.74 Å². The second-order valence-electron chi connectivity index (χ2n) is 6.60. The van der Waals surface area contributed by atoms with E-state index in [1.54, 1.807) is 30.5 Å². The lowest BCUT2D eigenvalue weighted by atomic mass is 10.1. The molecule has 1 saturated heterocycles. The van der Waals surface area contributed by atoms with Crippen LogP contribution in [-0.2, 0) is 9.53 Å². The first kappa shape index (κ1) is 19.8. The third-order valence-electron chi connectivity index (χ3n) is 4.71. The van der Waals surface area contributed by atoms with Gasteiger partial charge in [0.25, 0.3) is 11.8 Å². The molecule has 0 spiro atoms. The minimum Gasteiger partial charge on any atom is -0.368 e. The summed E-state index contributed by atoms with van der Waals surface area (Å²) >= 11 is 0. The fourth-order valence-corrected chi connectivity index (χ4v) is 3.14. The maximum absolute atomic E-state index is 12.6. The molecule has 1 atom stereocenters. The molecule has 148 valence electrons. The van der Waals surface area contributed by atoms with Crippen LogP contribution >= 0.6 is 0 Å². The summed E-state index contributed by atoms with van der Waals surface area (Å²) in [7, 11) is 0. The van der Waals surface area contributed by atoms with Gasteiger partial charge >= 0.3 is 0 Å². The SMILES string of the molecule is CCN(CC)c1ccc(NC(=O)c2cccc(NC(=O)C3CCCO3)c2)cn1. The third-order valence-corrected chi connectivity index (χ3v) is 4.71. The van der Waals surface area contributed by atoms with Crippen molar-refractivity contribution in [2.45, 2.75) is 32.8 Å². The van der Waals surface area contributed by atoms with Crippen LogP contribution in [0.5, 0.6) is 0 Å². The monoisotopic (exact) mass is 382 g/mol. The fraction of sp³-hybridized carbons (Fsp3) is 0.381. The minimum atomic E-state index is -0.409. The molecule has 0 aliphatic carbocycles. The van der Waals surface area contributed by atoms with Gasteiger partial charge in [0, 0.05) is 30.9 Å². The van der Waals surface area contributed by atoms with Crippen molar-refractivity contribution in [1.82, 2.24) is 4.98 Å². The highest BCUT2D eigenvalue weighted by atomic mass is 16.5. The van der Waals surface area contributed by atoms with Crippen LogP contribution in [0.2, 0.25) is 0 Å². The summed E-state index contributed by atoms with van der Waals surface area (Å²) in [6.07, 6.45) is 2.85. The largest absolute Gasteiger partial charge is 0.368 e. The van der Waals surface area contributed by atoms with Gasteiger partial charge in [0.2, 0.25) is 0 Å². The van der Waals surface area contributed by atoms with E-state index in [9.17, 15) is 9.59 Å². The Hall–Kier alpha value is -2.93. The van der Waals surface area contributed by atoms with Crippen molar-refractivity contribution < 1.29 is 14.3 Å². The molecule has 2 heterocycles. The van der Waals surface area contributed by atoms with Gasteiger partial charge in [-0.1, -0.05) is 6.07 Å². The summed E-state index contributed by atoms with van der Waals surface area (Å²) in [5, 5.41) is 5.65. The Balaban J connectivity index is 1.63. The number of nitrogens with one attached hydrogen (secondary N) is 2. The van der Waals surface area contributed by atoms with Gasteiger partial charge in [-0.15, -0.1) is 0 Å². The second-order valence-corrected chi connectivity index (χ2v) is 6.60. The van der Waals surface area contributed by atoms with E-state index in [0.29, 0.717) is 23.5 Å². The van der Waals surface area contributed by atoms with E-state index in [1.807, 2.05) is 12.1 Å². The number of anilines is 3. The van der Waals surface area contributed by atoms with Crippen LogP contribution in [0.15, 0.2) is 42.6 Å². The van der Waals surface area contributed by atoms with Crippen LogP contribution in [0.3, 0.4) is 0 Å². The molecule has 1 aliphatic rings. The van der Waals surface area contributed by atoms with Crippen LogP contribution in [0.1, 0.15) is 37.0 Å². The molecule has 1 fully saturated rings. The lowest BCUT2D eigenvalue weighted by molar-refractivity contribution is -0.124. The Bertz CT molecular complexity index is 813. The molecular weight excluding hydrogens is 356 g/mol. The third kappa shape index (κ3) is 4.86. The maximum Gasteiger partial charge on any atom is 0.255 e. The summed E-state index contributed by atoms with van der Waals surface area (Å²) in [5.74, 6) is 0.443. The van der Waals surface area contributed by atoms with Crippen LogP contribution in [-0.4, -0.2) is 42.6 Å². The van der Waals surface area contributed by atoms with Gasteiger partial charge in [-0.2, -0.15) is 0 Å². The van der Waals surface area contributed by atoms with Gasteiger partial charge in [-0.25, -0.2) is 4.98 Å². The van der Waals surface area contributed by atoms with Crippen molar-refractivity contribution in [3.63, 3.8) is 0 Å². The van der Waals surface area contributed by atoms with Gasteiger partial charge in [-0.05, 0) is 57.0 Å². The predicted molar refractivity (Wildman–Crippen MR) is 110 cm³/mol. The van der Waals surface area contributed by atoms with Gasteiger partial charge in [0.05, 0.1) is 11.9 Å². The highest BCUT2D eigenvalue weighted by Gasteiger charge is 2.23. The average molecular weight is 382 g/mol. The van der Waals surface area contributed by atoms with Gasteiger partial charge in [0.15, 0.2) is 0 Å². The lowest BCUT2D eigenvalue weighted by Crippen LogP contribution is -2.27. The average Bonchev–Trinajstić information content (AvgIpc) is 3.25. The second kappa shape index (κ2) is 9.32. The number of ether oxygens (including phenoxy) is 1. The molecule has 1 aromatic heterocycles. The van der Waals surface area contributed by atoms with Crippen molar-refractivity contribution in [3.05, 3.63) is 48.2 Å². The normalized spacial score (nSPS) is 15.9. The van der Waals surface area contributed by atoms with Gasteiger partial charge < -0.3 is 20.3 Å². The molecule has 2 aromatic rings. The Labute approximate surface area is 165 Å². The molecule has 7 nitrogen and oxygen atoms in total. The zero-order valence-electron chi connectivity index (χ0n) is 16.3. The highest BCUT2D eigenvalue weighted by Crippen LogP contribution is 2.18. The number of nitrogens with zero attached hydrogens (tertiary/aromatic N) is 2. The first-order valence-electron chi connectivity index (χ1n) is 9.65. The lowest BCUT2D eigenvalue weighted by Gasteiger charge is -2.19. The molecule has 2 N–H and O–H groups in total. The summed E-state index contributed by atoms with van der Waals surface area (Å²) in [6, 6.07) is 10.6. The summed E-state index contributed by atoms with van der Waals surface area (Å²) in [6.45, 7) is 6.51. The molecule has 2 amide bonds. The molecule has 3 rings (SSSR count). The zero-order chi connectivity index (χ0) is 19.9. The van der Waals surface area contributed by atoms with E-state index >= 15 is 0 Å². The Kier molecular flexibility index (Phi) is 6.60. The Morgan fingerprint density at radius 2 is 1.96 bits per heavy atom. The molecule has 7 heteroatoms. The van der Waals surface area contributed by atoms with Crippen molar-refractivity contribution in [1.29, 1.82) is 0 Å². The van der Waals surface area contributed by atoms with Gasteiger partial charge in [0.1, 0.15) is 11.9 Å². The summed E-state index contributed by atoms with van der Waals surface area (Å²) in [5.41, 5.74) is 1.65. The van der Waals surface area contributed by atoms with E-state index < -0.39 is 6.10 Å². The minimum absolute atomic E-state index is 0.175. The number of aromatic nitrogens is 1. The summed E-state index contributed by atoms with van der Waals surface area (Å²) < 4.78 is 5.38. The molecule has 0 saturated carbocycles. The highest BCUT2D eigenvalue weighted by molar-refractivity contribution is 6.05. The van der Waals surface area contributed by atoms with Crippen molar-refractivity contribution in [2.75, 3.05) is 35.2 Å². The van der Waals surface area contributed by atoms with E-state index in [0.717, 1.165) is 31.7 Å². The maximum atomic E-state index is 12.6. The van der Waals surface area contributed by atoms with Crippen LogP contribution in [0, 0.1) is 0 Å². The first-order chi connectivity index (χ1) is 13.6.